The Kier molecular flexibility index (Phi) is 4.87. The highest BCUT2D eigenvalue weighted by Crippen LogP contribution is 2.26. The van der Waals surface area contributed by atoms with Crippen molar-refractivity contribution in [2.75, 3.05) is 4.66 Å². The molecule has 0 aromatic rings. The summed E-state index contributed by atoms with van der Waals surface area (Å²) in [6, 6.07) is 0.0813. The summed E-state index contributed by atoms with van der Waals surface area (Å²) in [6.45, 7) is 1.97. The molecule has 1 rings (SSSR count). The molecule has 0 amide bonds. The van der Waals surface area contributed by atoms with Crippen molar-refractivity contribution in [1.82, 2.24) is 4.72 Å². The monoisotopic (exact) mass is 283 g/mol. The average Bonchev–Trinajstić information content (AvgIpc) is 2.19. The van der Waals surface area contributed by atoms with Crippen molar-refractivity contribution in [1.29, 1.82) is 0 Å². The van der Waals surface area contributed by atoms with Crippen LogP contribution in [0.25, 0.3) is 0 Å². The Hall–Kier alpha value is 0.390. The van der Waals surface area contributed by atoms with Crippen molar-refractivity contribution < 1.29 is 8.42 Å². The molecule has 1 atom stereocenters. The highest BCUT2D eigenvalue weighted by atomic mass is 79.9. The topological polar surface area (TPSA) is 46.2 Å². The summed E-state index contributed by atoms with van der Waals surface area (Å²) in [5.41, 5.74) is 0. The summed E-state index contributed by atoms with van der Waals surface area (Å²) in [5.74, 6) is 0.526. The van der Waals surface area contributed by atoms with E-state index in [1.807, 2.05) is 6.92 Å². The first-order chi connectivity index (χ1) is 6.55. The van der Waals surface area contributed by atoms with E-state index in [1.165, 1.54) is 19.3 Å². The maximum Gasteiger partial charge on any atom is 0.221 e. The number of hydrogen-bond acceptors (Lipinski definition) is 2. The molecule has 0 radical (unpaired) electrons. The molecule has 0 spiro atoms. The number of sulfonamides is 1. The molecular formula is C9H18BrNO2S. The molecule has 1 N–H and O–H groups in total. The molecular weight excluding hydrogens is 266 g/mol. The lowest BCUT2D eigenvalue weighted by Gasteiger charge is -2.27. The number of hydrogen-bond donors (Lipinski definition) is 1. The van der Waals surface area contributed by atoms with Crippen molar-refractivity contribution in [3.05, 3.63) is 0 Å². The van der Waals surface area contributed by atoms with Gasteiger partial charge in [0.1, 0.15) is 4.66 Å². The van der Waals surface area contributed by atoms with Crippen LogP contribution < -0.4 is 4.72 Å². The smallest absolute Gasteiger partial charge is 0.212 e. The number of alkyl halides is 1. The van der Waals surface area contributed by atoms with Crippen molar-refractivity contribution in [3.8, 4) is 0 Å². The average molecular weight is 284 g/mol. The number of halogens is 1. The van der Waals surface area contributed by atoms with E-state index in [9.17, 15) is 8.42 Å². The van der Waals surface area contributed by atoms with Gasteiger partial charge in [-0.3, -0.25) is 0 Å². The van der Waals surface area contributed by atoms with Crippen LogP contribution in [0.5, 0.6) is 0 Å². The van der Waals surface area contributed by atoms with E-state index in [4.69, 9.17) is 0 Å². The normalized spacial score (nSPS) is 22.1. The Labute approximate surface area is 94.8 Å². The summed E-state index contributed by atoms with van der Waals surface area (Å²) >= 11 is 2.97. The number of nitrogens with one attached hydrogen (secondary N) is 1. The Bertz CT molecular complexity index is 260. The van der Waals surface area contributed by atoms with Gasteiger partial charge in [0.25, 0.3) is 0 Å². The lowest BCUT2D eigenvalue weighted by molar-refractivity contribution is 0.303. The lowest BCUT2D eigenvalue weighted by Crippen LogP contribution is -2.39. The van der Waals surface area contributed by atoms with Gasteiger partial charge in [-0.1, -0.05) is 35.2 Å². The predicted octanol–water partition coefficient (Wildman–Crippen LogP) is 2.23. The van der Waals surface area contributed by atoms with E-state index < -0.39 is 10.0 Å². The lowest BCUT2D eigenvalue weighted by atomic mass is 9.85. The van der Waals surface area contributed by atoms with Crippen LogP contribution in [0.15, 0.2) is 0 Å². The molecule has 1 aliphatic rings. The minimum absolute atomic E-state index is 0.00292. The Balaban J connectivity index is 2.44. The van der Waals surface area contributed by atoms with Crippen molar-refractivity contribution in [2.24, 2.45) is 5.92 Å². The van der Waals surface area contributed by atoms with Crippen molar-refractivity contribution in [3.63, 3.8) is 0 Å². The number of rotatable bonds is 4. The first-order valence-corrected chi connectivity index (χ1v) is 7.88. The van der Waals surface area contributed by atoms with Gasteiger partial charge < -0.3 is 0 Å². The minimum atomic E-state index is -3.10. The molecule has 14 heavy (non-hydrogen) atoms. The molecule has 0 bridgehead atoms. The van der Waals surface area contributed by atoms with Gasteiger partial charge in [-0.15, -0.1) is 0 Å². The van der Waals surface area contributed by atoms with Gasteiger partial charge in [0.2, 0.25) is 10.0 Å². The van der Waals surface area contributed by atoms with Crippen molar-refractivity contribution >= 4 is 26.0 Å². The molecule has 0 saturated heterocycles. The minimum Gasteiger partial charge on any atom is -0.212 e. The fraction of sp³-hybridized carbons (Fsp3) is 1.00. The molecule has 0 aromatic heterocycles. The van der Waals surface area contributed by atoms with E-state index in [-0.39, 0.29) is 10.7 Å². The molecule has 84 valence electrons. The zero-order chi connectivity index (χ0) is 10.6. The summed E-state index contributed by atoms with van der Waals surface area (Å²) < 4.78 is 25.3. The standard InChI is InChI=1S/C9H18BrNO2S/c1-8(11-14(12,13)7-10)9-5-3-2-4-6-9/h8-9,11H,2-7H2,1H3. The van der Waals surface area contributed by atoms with Crippen LogP contribution in [0.2, 0.25) is 0 Å². The van der Waals surface area contributed by atoms with Gasteiger partial charge in [0.15, 0.2) is 0 Å². The Morgan fingerprint density at radius 1 is 1.36 bits per heavy atom. The second kappa shape index (κ2) is 5.47. The molecule has 5 heteroatoms. The molecule has 3 nitrogen and oxygen atoms in total. The maximum absolute atomic E-state index is 11.3. The quantitative estimate of drug-likeness (QED) is 0.805. The van der Waals surface area contributed by atoms with Crippen LogP contribution in [-0.4, -0.2) is 19.1 Å². The summed E-state index contributed by atoms with van der Waals surface area (Å²) in [6.07, 6.45) is 6.10. The second-order valence-electron chi connectivity index (χ2n) is 4.03. The van der Waals surface area contributed by atoms with Crippen LogP contribution in [0.3, 0.4) is 0 Å². The van der Waals surface area contributed by atoms with Gasteiger partial charge in [-0.25, -0.2) is 13.1 Å². The van der Waals surface area contributed by atoms with Crippen LogP contribution >= 0.6 is 15.9 Å². The molecule has 0 heterocycles. The third kappa shape index (κ3) is 3.87. The van der Waals surface area contributed by atoms with E-state index in [1.54, 1.807) is 0 Å². The van der Waals surface area contributed by atoms with Crippen LogP contribution in [0.1, 0.15) is 39.0 Å². The Morgan fingerprint density at radius 3 is 2.43 bits per heavy atom. The third-order valence-electron chi connectivity index (χ3n) is 2.87. The highest BCUT2D eigenvalue weighted by Gasteiger charge is 2.23. The fourth-order valence-corrected chi connectivity index (χ4v) is 3.26. The highest BCUT2D eigenvalue weighted by molar-refractivity contribution is 9.10. The predicted molar refractivity (Wildman–Crippen MR) is 61.9 cm³/mol. The van der Waals surface area contributed by atoms with E-state index in [0.29, 0.717) is 5.92 Å². The van der Waals surface area contributed by atoms with Gasteiger partial charge in [0.05, 0.1) is 0 Å². The molecule has 1 aliphatic carbocycles. The third-order valence-corrected chi connectivity index (χ3v) is 5.69. The second-order valence-corrected chi connectivity index (χ2v) is 7.09. The van der Waals surface area contributed by atoms with Gasteiger partial charge in [0, 0.05) is 6.04 Å². The fourth-order valence-electron chi connectivity index (χ4n) is 2.05. The van der Waals surface area contributed by atoms with Gasteiger partial charge >= 0.3 is 0 Å². The van der Waals surface area contributed by atoms with E-state index in [2.05, 4.69) is 20.7 Å². The van der Waals surface area contributed by atoms with Gasteiger partial charge in [-0.2, -0.15) is 0 Å². The van der Waals surface area contributed by atoms with Crippen LogP contribution in [0.4, 0.5) is 0 Å². The van der Waals surface area contributed by atoms with Crippen LogP contribution in [0, 0.1) is 5.92 Å². The summed E-state index contributed by atoms with van der Waals surface area (Å²) in [5, 5.41) is 0. The zero-order valence-corrected chi connectivity index (χ0v) is 10.9. The first kappa shape index (κ1) is 12.5. The molecule has 1 unspecified atom stereocenters. The summed E-state index contributed by atoms with van der Waals surface area (Å²) in [7, 11) is -3.10. The largest absolute Gasteiger partial charge is 0.221 e. The van der Waals surface area contributed by atoms with Crippen molar-refractivity contribution in [2.45, 2.75) is 45.1 Å². The summed E-state index contributed by atoms with van der Waals surface area (Å²) in [4.78, 5) is 0. The Morgan fingerprint density at radius 2 is 1.93 bits per heavy atom. The van der Waals surface area contributed by atoms with Crippen LogP contribution in [-0.2, 0) is 10.0 Å². The molecule has 1 saturated carbocycles. The SMILES string of the molecule is CC(NS(=O)(=O)CBr)C1CCCCC1. The maximum atomic E-state index is 11.3. The van der Waals surface area contributed by atoms with E-state index in [0.717, 1.165) is 12.8 Å². The first-order valence-electron chi connectivity index (χ1n) is 5.11. The molecule has 1 fully saturated rings. The molecule has 0 aliphatic heterocycles. The van der Waals surface area contributed by atoms with E-state index >= 15 is 0 Å². The zero-order valence-electron chi connectivity index (χ0n) is 8.50. The molecule has 0 aromatic carbocycles. The van der Waals surface area contributed by atoms with Gasteiger partial charge in [-0.05, 0) is 25.7 Å².